The molecule has 16 heavy (non-hydrogen) atoms. The maximum atomic E-state index is 2.23. The van der Waals surface area contributed by atoms with Crippen molar-refractivity contribution in [3.63, 3.8) is 0 Å². The Balaban J connectivity index is 0. The molecule has 0 heteroatoms. The van der Waals surface area contributed by atoms with Crippen LogP contribution in [-0.2, 0) is 6.42 Å². The Kier molecular flexibility index (Phi) is 13.5. The molecule has 0 amide bonds. The Morgan fingerprint density at radius 3 is 1.69 bits per heavy atom. The van der Waals surface area contributed by atoms with Crippen molar-refractivity contribution in [1.29, 1.82) is 0 Å². The standard InChI is InChI=1S/C10H14.C4H10.C2H6/c1-4-10-6-5-8(2)7-9(10)3;1-3-4-2;1-2/h5-7H,4H2,1-3H3;3-4H2,1-2H3;1-2H3. The quantitative estimate of drug-likeness (QED) is 0.602. The predicted molar refractivity (Wildman–Crippen MR) is 77.2 cm³/mol. The second-order valence-corrected chi connectivity index (χ2v) is 3.78. The van der Waals surface area contributed by atoms with E-state index in [2.05, 4.69) is 52.8 Å². The molecule has 0 aliphatic heterocycles. The van der Waals surface area contributed by atoms with Crippen molar-refractivity contribution < 1.29 is 0 Å². The summed E-state index contributed by atoms with van der Waals surface area (Å²) >= 11 is 0. The molecule has 0 saturated heterocycles. The molecular weight excluding hydrogens is 192 g/mol. The third-order valence-corrected chi connectivity index (χ3v) is 2.38. The van der Waals surface area contributed by atoms with Crippen molar-refractivity contribution >= 4 is 0 Å². The van der Waals surface area contributed by atoms with Gasteiger partial charge in [0.05, 0.1) is 0 Å². The van der Waals surface area contributed by atoms with Gasteiger partial charge in [0.2, 0.25) is 0 Å². The highest BCUT2D eigenvalue weighted by atomic mass is 14.0. The van der Waals surface area contributed by atoms with Crippen molar-refractivity contribution in [2.75, 3.05) is 0 Å². The van der Waals surface area contributed by atoms with E-state index in [4.69, 9.17) is 0 Å². The molecule has 0 radical (unpaired) electrons. The van der Waals surface area contributed by atoms with Gasteiger partial charge < -0.3 is 0 Å². The van der Waals surface area contributed by atoms with Crippen LogP contribution in [0.5, 0.6) is 0 Å². The lowest BCUT2D eigenvalue weighted by Gasteiger charge is -2.02. The van der Waals surface area contributed by atoms with Gasteiger partial charge in [-0.25, -0.2) is 0 Å². The van der Waals surface area contributed by atoms with E-state index in [9.17, 15) is 0 Å². The number of benzene rings is 1. The van der Waals surface area contributed by atoms with Crippen LogP contribution in [0.3, 0.4) is 0 Å². The molecule has 0 aromatic heterocycles. The lowest BCUT2D eigenvalue weighted by molar-refractivity contribution is 0.886. The fraction of sp³-hybridized carbons (Fsp3) is 0.625. The first-order chi connectivity index (χ1) is 7.65. The summed E-state index contributed by atoms with van der Waals surface area (Å²) in [6, 6.07) is 6.62. The molecule has 0 bridgehead atoms. The summed E-state index contributed by atoms with van der Waals surface area (Å²) in [6.07, 6.45) is 3.78. The maximum Gasteiger partial charge on any atom is -0.0305 e. The summed E-state index contributed by atoms with van der Waals surface area (Å²) in [5.41, 5.74) is 4.24. The molecular formula is C16H30. The Morgan fingerprint density at radius 2 is 1.38 bits per heavy atom. The molecule has 94 valence electrons. The monoisotopic (exact) mass is 222 g/mol. The van der Waals surface area contributed by atoms with Gasteiger partial charge in [0.25, 0.3) is 0 Å². The molecule has 0 unspecified atom stereocenters. The molecule has 0 heterocycles. The fourth-order valence-electron chi connectivity index (χ4n) is 1.24. The summed E-state index contributed by atoms with van der Waals surface area (Å²) in [5, 5.41) is 0. The average molecular weight is 222 g/mol. The number of hydrogen-bond donors (Lipinski definition) is 0. The van der Waals surface area contributed by atoms with Crippen LogP contribution >= 0.6 is 0 Å². The number of rotatable bonds is 2. The van der Waals surface area contributed by atoms with Crippen molar-refractivity contribution in [3.8, 4) is 0 Å². The minimum atomic E-state index is 1.14. The fourth-order valence-corrected chi connectivity index (χ4v) is 1.24. The zero-order valence-electron chi connectivity index (χ0n) is 12.4. The minimum Gasteiger partial charge on any atom is -0.0683 e. The van der Waals surface area contributed by atoms with E-state index in [0.717, 1.165) is 6.42 Å². The minimum absolute atomic E-state index is 1.14. The summed E-state index contributed by atoms with van der Waals surface area (Å²) in [6.45, 7) is 14.9. The molecule has 0 fully saturated rings. The van der Waals surface area contributed by atoms with E-state index < -0.39 is 0 Å². The molecule has 0 aliphatic carbocycles. The van der Waals surface area contributed by atoms with Gasteiger partial charge in [-0.2, -0.15) is 0 Å². The highest BCUT2D eigenvalue weighted by molar-refractivity contribution is 5.30. The highest BCUT2D eigenvalue weighted by Crippen LogP contribution is 2.10. The lowest BCUT2D eigenvalue weighted by Crippen LogP contribution is -1.85. The van der Waals surface area contributed by atoms with Gasteiger partial charge in [0.1, 0.15) is 0 Å². The molecule has 0 saturated carbocycles. The van der Waals surface area contributed by atoms with Gasteiger partial charge >= 0.3 is 0 Å². The largest absolute Gasteiger partial charge is 0.0683 e. The van der Waals surface area contributed by atoms with Gasteiger partial charge in [-0.3, -0.25) is 0 Å². The van der Waals surface area contributed by atoms with Crippen LogP contribution in [0.4, 0.5) is 0 Å². The molecule has 0 aliphatic rings. The first kappa shape index (κ1) is 17.6. The summed E-state index contributed by atoms with van der Waals surface area (Å²) in [4.78, 5) is 0. The topological polar surface area (TPSA) is 0 Å². The van der Waals surface area contributed by atoms with Crippen LogP contribution in [0.25, 0.3) is 0 Å². The van der Waals surface area contributed by atoms with Gasteiger partial charge in [-0.15, -0.1) is 0 Å². The third kappa shape index (κ3) is 8.52. The summed E-state index contributed by atoms with van der Waals surface area (Å²) in [7, 11) is 0. The Bertz CT molecular complexity index is 246. The van der Waals surface area contributed by atoms with E-state index >= 15 is 0 Å². The third-order valence-electron chi connectivity index (χ3n) is 2.38. The van der Waals surface area contributed by atoms with E-state index in [1.165, 1.54) is 29.5 Å². The van der Waals surface area contributed by atoms with Crippen LogP contribution in [-0.4, -0.2) is 0 Å². The first-order valence-corrected chi connectivity index (χ1v) is 6.71. The number of hydrogen-bond acceptors (Lipinski definition) is 0. The van der Waals surface area contributed by atoms with Crippen molar-refractivity contribution in [2.45, 2.75) is 67.7 Å². The van der Waals surface area contributed by atoms with Crippen LogP contribution in [0, 0.1) is 13.8 Å². The van der Waals surface area contributed by atoms with E-state index in [1.807, 2.05) is 13.8 Å². The number of unbranched alkanes of at least 4 members (excludes halogenated alkanes) is 1. The van der Waals surface area contributed by atoms with Gasteiger partial charge in [-0.05, 0) is 31.4 Å². The Labute approximate surface area is 103 Å². The van der Waals surface area contributed by atoms with E-state index in [-0.39, 0.29) is 0 Å². The van der Waals surface area contributed by atoms with Gasteiger partial charge in [0, 0.05) is 0 Å². The molecule has 0 nitrogen and oxygen atoms in total. The van der Waals surface area contributed by atoms with Crippen LogP contribution in [0.15, 0.2) is 18.2 Å². The van der Waals surface area contributed by atoms with E-state index in [0.29, 0.717) is 0 Å². The van der Waals surface area contributed by atoms with Crippen molar-refractivity contribution in [1.82, 2.24) is 0 Å². The zero-order chi connectivity index (χ0) is 13.0. The molecule has 0 atom stereocenters. The molecule has 0 spiro atoms. The van der Waals surface area contributed by atoms with Crippen molar-refractivity contribution in [2.24, 2.45) is 0 Å². The summed E-state index contributed by atoms with van der Waals surface area (Å²) < 4.78 is 0. The lowest BCUT2D eigenvalue weighted by atomic mass is 10.0. The first-order valence-electron chi connectivity index (χ1n) is 6.71. The highest BCUT2D eigenvalue weighted by Gasteiger charge is 1.93. The predicted octanol–water partition coefficient (Wildman–Crippen LogP) is 5.70. The second-order valence-electron chi connectivity index (χ2n) is 3.78. The van der Waals surface area contributed by atoms with Gasteiger partial charge in [-0.1, -0.05) is 71.2 Å². The second kappa shape index (κ2) is 12.3. The van der Waals surface area contributed by atoms with Crippen LogP contribution < -0.4 is 0 Å². The molecule has 1 aromatic carbocycles. The van der Waals surface area contributed by atoms with Crippen LogP contribution in [0.1, 0.15) is 64.2 Å². The SMILES string of the molecule is CC.CCCC.CCc1ccc(C)cc1C. The van der Waals surface area contributed by atoms with Crippen molar-refractivity contribution in [3.05, 3.63) is 34.9 Å². The smallest absolute Gasteiger partial charge is 0.0305 e. The Hall–Kier alpha value is -0.780. The van der Waals surface area contributed by atoms with Gasteiger partial charge in [0.15, 0.2) is 0 Å². The van der Waals surface area contributed by atoms with Crippen LogP contribution in [0.2, 0.25) is 0 Å². The summed E-state index contributed by atoms with van der Waals surface area (Å²) in [5.74, 6) is 0. The van der Waals surface area contributed by atoms with E-state index in [1.54, 1.807) is 0 Å². The molecule has 1 rings (SSSR count). The molecule has 0 N–H and O–H groups in total. The average Bonchev–Trinajstić information content (AvgIpc) is 2.32. The normalized spacial score (nSPS) is 8.44. The zero-order valence-corrected chi connectivity index (χ0v) is 12.4. The number of aryl methyl sites for hydroxylation is 3. The Morgan fingerprint density at radius 1 is 0.875 bits per heavy atom. The maximum absolute atomic E-state index is 2.23. The molecule has 1 aromatic rings.